The molecule has 2 aromatic carbocycles. The van der Waals surface area contributed by atoms with Gasteiger partial charge in [-0.15, -0.1) is 0 Å². The standard InChI is InChI=1S/C28H31N3O6/c1-34-21-9-7-19(8-10-21)26-22(28(33)30-17-18-6-5-13-29-16-18)11-12-25(32)31(26)20-14-23(35-2)27(37-4)24(15-20)36-3/h5-10,13-16,22,26H,11-12,17H2,1-4H3,(H,30,33)/t22-,26-/m1/s1. The maximum atomic E-state index is 13.5. The molecule has 1 fully saturated rings. The van der Waals surface area contributed by atoms with Gasteiger partial charge in [-0.2, -0.15) is 0 Å². The quantitative estimate of drug-likeness (QED) is 0.471. The number of hydrogen-bond acceptors (Lipinski definition) is 7. The van der Waals surface area contributed by atoms with Crippen molar-refractivity contribution in [1.82, 2.24) is 10.3 Å². The molecule has 0 bridgehead atoms. The molecule has 1 aliphatic heterocycles. The van der Waals surface area contributed by atoms with E-state index >= 15 is 0 Å². The van der Waals surface area contributed by atoms with Gasteiger partial charge in [-0.1, -0.05) is 18.2 Å². The van der Waals surface area contributed by atoms with E-state index in [4.69, 9.17) is 18.9 Å². The SMILES string of the molecule is COc1ccc([C@@H]2[C@H](C(=O)NCc3cccnc3)CCC(=O)N2c2cc(OC)c(OC)c(OC)c2)cc1. The zero-order valence-corrected chi connectivity index (χ0v) is 21.4. The first-order valence-electron chi connectivity index (χ1n) is 11.9. The number of carbonyl (C=O) groups is 2. The number of benzene rings is 2. The Hall–Kier alpha value is -4.27. The van der Waals surface area contributed by atoms with Crippen molar-refractivity contribution in [1.29, 1.82) is 0 Å². The average molecular weight is 506 g/mol. The van der Waals surface area contributed by atoms with Crippen molar-refractivity contribution >= 4 is 17.5 Å². The van der Waals surface area contributed by atoms with Crippen LogP contribution in [-0.2, 0) is 16.1 Å². The number of amides is 2. The molecule has 0 saturated carbocycles. The summed E-state index contributed by atoms with van der Waals surface area (Å²) in [5.41, 5.74) is 2.25. The van der Waals surface area contributed by atoms with Crippen molar-refractivity contribution < 1.29 is 28.5 Å². The van der Waals surface area contributed by atoms with Crippen LogP contribution in [0.15, 0.2) is 60.9 Å². The van der Waals surface area contributed by atoms with Crippen LogP contribution in [0.3, 0.4) is 0 Å². The Morgan fingerprint density at radius 2 is 1.70 bits per heavy atom. The lowest BCUT2D eigenvalue weighted by Crippen LogP contribution is -2.48. The Bertz CT molecular complexity index is 1210. The Labute approximate surface area is 216 Å². The lowest BCUT2D eigenvalue weighted by atomic mass is 9.83. The highest BCUT2D eigenvalue weighted by molar-refractivity contribution is 5.98. The molecule has 3 aromatic rings. The topological polar surface area (TPSA) is 99.2 Å². The predicted octanol–water partition coefficient (Wildman–Crippen LogP) is 3.92. The van der Waals surface area contributed by atoms with Gasteiger partial charge in [-0.05, 0) is 35.7 Å². The highest BCUT2D eigenvalue weighted by atomic mass is 16.5. The summed E-state index contributed by atoms with van der Waals surface area (Å²) in [4.78, 5) is 32.8. The largest absolute Gasteiger partial charge is 0.497 e. The van der Waals surface area contributed by atoms with E-state index in [9.17, 15) is 9.59 Å². The summed E-state index contributed by atoms with van der Waals surface area (Å²) in [6.45, 7) is 0.344. The third-order valence-electron chi connectivity index (χ3n) is 6.51. The second kappa shape index (κ2) is 11.6. The van der Waals surface area contributed by atoms with Gasteiger partial charge < -0.3 is 29.2 Å². The summed E-state index contributed by atoms with van der Waals surface area (Å²) in [6, 6.07) is 14.0. The molecule has 0 unspecified atom stereocenters. The number of anilines is 1. The smallest absolute Gasteiger partial charge is 0.227 e. The molecule has 9 nitrogen and oxygen atoms in total. The van der Waals surface area contributed by atoms with Crippen molar-refractivity contribution in [2.24, 2.45) is 5.92 Å². The molecule has 2 heterocycles. The van der Waals surface area contributed by atoms with E-state index in [1.165, 1.54) is 21.3 Å². The lowest BCUT2D eigenvalue weighted by Gasteiger charge is -2.41. The van der Waals surface area contributed by atoms with Crippen molar-refractivity contribution in [3.05, 3.63) is 72.1 Å². The van der Waals surface area contributed by atoms with E-state index in [2.05, 4.69) is 10.3 Å². The molecule has 194 valence electrons. The normalized spacial score (nSPS) is 17.2. The van der Waals surface area contributed by atoms with Crippen molar-refractivity contribution in [2.75, 3.05) is 33.3 Å². The lowest BCUT2D eigenvalue weighted by molar-refractivity contribution is -0.129. The van der Waals surface area contributed by atoms with E-state index in [0.717, 1.165) is 11.1 Å². The number of hydrogen-bond donors (Lipinski definition) is 1. The number of aromatic nitrogens is 1. The molecule has 4 rings (SSSR count). The van der Waals surface area contributed by atoms with Gasteiger partial charge >= 0.3 is 0 Å². The van der Waals surface area contributed by atoms with Gasteiger partial charge in [-0.3, -0.25) is 14.6 Å². The second-order valence-electron chi connectivity index (χ2n) is 8.59. The van der Waals surface area contributed by atoms with Gasteiger partial charge in [-0.25, -0.2) is 0 Å². The summed E-state index contributed by atoms with van der Waals surface area (Å²) in [5.74, 6) is 1.19. The van der Waals surface area contributed by atoms with Gasteiger partial charge in [0.25, 0.3) is 0 Å². The molecule has 2 atom stereocenters. The summed E-state index contributed by atoms with van der Waals surface area (Å²) in [6.07, 6.45) is 4.03. The fraction of sp³-hybridized carbons (Fsp3) is 0.321. The van der Waals surface area contributed by atoms with E-state index in [-0.39, 0.29) is 18.2 Å². The Morgan fingerprint density at radius 3 is 2.27 bits per heavy atom. The minimum Gasteiger partial charge on any atom is -0.497 e. The number of rotatable bonds is 9. The van der Waals surface area contributed by atoms with Crippen LogP contribution >= 0.6 is 0 Å². The van der Waals surface area contributed by atoms with Crippen LogP contribution in [0.25, 0.3) is 0 Å². The third kappa shape index (κ3) is 5.45. The van der Waals surface area contributed by atoms with Gasteiger partial charge in [0, 0.05) is 37.5 Å². The number of ether oxygens (including phenoxy) is 4. The minimum absolute atomic E-state index is 0.105. The number of piperidine rings is 1. The molecule has 2 amide bonds. The first kappa shape index (κ1) is 25.8. The summed E-state index contributed by atoms with van der Waals surface area (Å²) >= 11 is 0. The molecule has 37 heavy (non-hydrogen) atoms. The maximum absolute atomic E-state index is 13.5. The van der Waals surface area contributed by atoms with Crippen LogP contribution < -0.4 is 29.2 Å². The zero-order chi connectivity index (χ0) is 26.4. The number of nitrogens with zero attached hydrogens (tertiary/aromatic N) is 2. The Morgan fingerprint density at radius 1 is 1.00 bits per heavy atom. The van der Waals surface area contributed by atoms with Gasteiger partial charge in [0.15, 0.2) is 11.5 Å². The minimum atomic E-state index is -0.566. The van der Waals surface area contributed by atoms with E-state index < -0.39 is 12.0 Å². The van der Waals surface area contributed by atoms with Crippen LogP contribution in [0.4, 0.5) is 5.69 Å². The molecule has 1 aromatic heterocycles. The molecule has 0 radical (unpaired) electrons. The highest BCUT2D eigenvalue weighted by Crippen LogP contribution is 2.46. The third-order valence-corrected chi connectivity index (χ3v) is 6.51. The van der Waals surface area contributed by atoms with Crippen LogP contribution in [-0.4, -0.2) is 45.2 Å². The van der Waals surface area contributed by atoms with Crippen molar-refractivity contribution in [3.8, 4) is 23.0 Å². The first-order chi connectivity index (χ1) is 18.0. The van der Waals surface area contributed by atoms with Crippen LogP contribution in [0.2, 0.25) is 0 Å². The number of carbonyl (C=O) groups excluding carboxylic acids is 2. The number of pyridine rings is 1. The van der Waals surface area contributed by atoms with Crippen LogP contribution in [0.5, 0.6) is 23.0 Å². The molecule has 1 saturated heterocycles. The Balaban J connectivity index is 1.76. The number of nitrogens with one attached hydrogen (secondary N) is 1. The van der Waals surface area contributed by atoms with E-state index in [1.807, 2.05) is 36.4 Å². The predicted molar refractivity (Wildman–Crippen MR) is 138 cm³/mol. The fourth-order valence-electron chi connectivity index (χ4n) is 4.68. The van der Waals surface area contributed by atoms with Gasteiger partial charge in [0.2, 0.25) is 17.6 Å². The summed E-state index contributed by atoms with van der Waals surface area (Å²) in [7, 11) is 6.16. The summed E-state index contributed by atoms with van der Waals surface area (Å²) in [5, 5.41) is 3.03. The van der Waals surface area contributed by atoms with Crippen molar-refractivity contribution in [3.63, 3.8) is 0 Å². The van der Waals surface area contributed by atoms with Crippen LogP contribution in [0.1, 0.15) is 30.0 Å². The molecule has 1 N–H and O–H groups in total. The number of methoxy groups -OCH3 is 4. The first-order valence-corrected chi connectivity index (χ1v) is 11.9. The molecular weight excluding hydrogens is 474 g/mol. The summed E-state index contributed by atoms with van der Waals surface area (Å²) < 4.78 is 21.9. The zero-order valence-electron chi connectivity index (χ0n) is 21.4. The fourth-order valence-corrected chi connectivity index (χ4v) is 4.68. The van der Waals surface area contributed by atoms with Crippen molar-refractivity contribution in [2.45, 2.75) is 25.4 Å². The molecule has 9 heteroatoms. The van der Waals surface area contributed by atoms with E-state index in [0.29, 0.717) is 41.7 Å². The highest BCUT2D eigenvalue weighted by Gasteiger charge is 2.42. The van der Waals surface area contributed by atoms with E-state index in [1.54, 1.807) is 36.5 Å². The molecule has 1 aliphatic rings. The van der Waals surface area contributed by atoms with Crippen LogP contribution in [0, 0.1) is 5.92 Å². The molecule has 0 spiro atoms. The van der Waals surface area contributed by atoms with Gasteiger partial charge in [0.1, 0.15) is 5.75 Å². The average Bonchev–Trinajstić information content (AvgIpc) is 2.95. The maximum Gasteiger partial charge on any atom is 0.227 e. The Kier molecular flexibility index (Phi) is 8.12. The molecular formula is C28H31N3O6. The second-order valence-corrected chi connectivity index (χ2v) is 8.59. The monoisotopic (exact) mass is 505 g/mol. The molecule has 0 aliphatic carbocycles. The van der Waals surface area contributed by atoms with Gasteiger partial charge in [0.05, 0.1) is 46.1 Å².